The van der Waals surface area contributed by atoms with Crippen LogP contribution in [0.2, 0.25) is 0 Å². The molecular weight excluding hydrogens is 110 g/mol. The van der Waals surface area contributed by atoms with Crippen molar-refractivity contribution in [2.75, 3.05) is 14.1 Å². The van der Waals surface area contributed by atoms with E-state index in [2.05, 4.69) is 26.1 Å². The fourth-order valence-electron chi connectivity index (χ4n) is 0.577. The molecule has 58 valence electrons. The Labute approximate surface area is 59.8 Å². The molecule has 0 aromatic rings. The maximum absolute atomic E-state index is 2.75. The van der Waals surface area contributed by atoms with Crippen molar-refractivity contribution in [1.82, 2.24) is 5.32 Å². The van der Waals surface area contributed by atoms with Gasteiger partial charge >= 0.3 is 0 Å². The molecule has 0 bridgehead atoms. The summed E-state index contributed by atoms with van der Waals surface area (Å²) in [4.78, 5) is 0. The van der Waals surface area contributed by atoms with Gasteiger partial charge in [0.2, 0.25) is 0 Å². The summed E-state index contributed by atoms with van der Waals surface area (Å²) in [7, 11) is 3.75. The van der Waals surface area contributed by atoms with Gasteiger partial charge in [-0.2, -0.15) is 0 Å². The first kappa shape index (κ1) is 11.7. The number of rotatable bonds is 2. The third-order valence-electron chi connectivity index (χ3n) is 0.866. The minimum absolute atomic E-state index is 0.898. The van der Waals surface area contributed by atoms with Gasteiger partial charge in [-0.15, -0.1) is 0 Å². The van der Waals surface area contributed by atoms with Gasteiger partial charge in [-0.05, 0) is 20.0 Å². The molecule has 0 aliphatic rings. The Balaban J connectivity index is 0. The fraction of sp³-hybridized carbons (Fsp3) is 1.00. The Morgan fingerprint density at radius 2 is 1.56 bits per heavy atom. The first-order chi connectivity index (χ1) is 4.18. The maximum Gasteiger partial charge on any atom is -0.0167 e. The summed E-state index contributed by atoms with van der Waals surface area (Å²) in [5.41, 5.74) is 0. The lowest BCUT2D eigenvalue weighted by Gasteiger charge is -1.95. The predicted molar refractivity (Wildman–Crippen MR) is 44.7 cm³/mol. The number of nitrogens with one attached hydrogen (secondary N) is 1. The van der Waals surface area contributed by atoms with E-state index in [0.29, 0.717) is 0 Å². The average molecular weight is 131 g/mol. The number of hydrogen-bond donors (Lipinski definition) is 1. The molecule has 0 aliphatic carbocycles. The second-order valence-electron chi connectivity index (χ2n) is 2.68. The predicted octanol–water partition coefficient (Wildman–Crippen LogP) is 2.28. The molecule has 0 saturated carbocycles. The zero-order valence-corrected chi connectivity index (χ0v) is 7.49. The van der Waals surface area contributed by atoms with Crippen LogP contribution >= 0.6 is 0 Å². The minimum Gasteiger partial charge on any atom is -0.323 e. The van der Waals surface area contributed by atoms with Crippen molar-refractivity contribution < 1.29 is 0 Å². The molecule has 1 N–H and O–H groups in total. The molecule has 0 aromatic heterocycles. The second kappa shape index (κ2) is 10.9. The van der Waals surface area contributed by atoms with Crippen LogP contribution in [0.25, 0.3) is 0 Å². The van der Waals surface area contributed by atoms with Crippen molar-refractivity contribution in [2.24, 2.45) is 5.92 Å². The summed E-state index contributed by atoms with van der Waals surface area (Å²) in [5, 5.41) is 2.75. The quantitative estimate of drug-likeness (QED) is 0.606. The normalized spacial score (nSPS) is 8.67. The van der Waals surface area contributed by atoms with Crippen molar-refractivity contribution in [1.29, 1.82) is 0 Å². The Hall–Kier alpha value is -0.0400. The lowest BCUT2D eigenvalue weighted by Crippen LogP contribution is -1.89. The van der Waals surface area contributed by atoms with Crippen LogP contribution in [-0.2, 0) is 0 Å². The van der Waals surface area contributed by atoms with E-state index in [9.17, 15) is 0 Å². The van der Waals surface area contributed by atoms with Gasteiger partial charge in [-0.25, -0.2) is 0 Å². The van der Waals surface area contributed by atoms with Crippen molar-refractivity contribution >= 4 is 0 Å². The summed E-state index contributed by atoms with van der Waals surface area (Å²) >= 11 is 0. The molecular formula is C8H21N. The van der Waals surface area contributed by atoms with Crippen LogP contribution in [0.3, 0.4) is 0 Å². The molecule has 0 atom stereocenters. The molecule has 0 rings (SSSR count). The SMILES string of the molecule is CCCC(C)C.CNC. The van der Waals surface area contributed by atoms with Gasteiger partial charge < -0.3 is 5.32 Å². The second-order valence-corrected chi connectivity index (χ2v) is 2.68. The zero-order chi connectivity index (χ0) is 7.70. The zero-order valence-electron chi connectivity index (χ0n) is 7.49. The summed E-state index contributed by atoms with van der Waals surface area (Å²) < 4.78 is 0. The van der Waals surface area contributed by atoms with E-state index in [1.807, 2.05) is 14.1 Å². The maximum atomic E-state index is 2.75. The highest BCUT2D eigenvalue weighted by Gasteiger charge is 1.85. The van der Waals surface area contributed by atoms with E-state index in [1.165, 1.54) is 12.8 Å². The van der Waals surface area contributed by atoms with Gasteiger partial charge in [0.15, 0.2) is 0 Å². The van der Waals surface area contributed by atoms with Crippen molar-refractivity contribution in [2.45, 2.75) is 33.6 Å². The van der Waals surface area contributed by atoms with E-state index >= 15 is 0 Å². The molecule has 0 aromatic carbocycles. The molecule has 0 unspecified atom stereocenters. The fourth-order valence-corrected chi connectivity index (χ4v) is 0.577. The molecule has 0 heterocycles. The van der Waals surface area contributed by atoms with E-state index in [4.69, 9.17) is 0 Å². The van der Waals surface area contributed by atoms with Gasteiger partial charge in [0.05, 0.1) is 0 Å². The van der Waals surface area contributed by atoms with E-state index in [-0.39, 0.29) is 0 Å². The summed E-state index contributed by atoms with van der Waals surface area (Å²) in [6.45, 7) is 6.73. The van der Waals surface area contributed by atoms with E-state index in [1.54, 1.807) is 0 Å². The standard InChI is InChI=1S/C6H14.C2H7N/c1-4-5-6(2)3;1-3-2/h6H,4-5H2,1-3H3;3H,1-2H3. The monoisotopic (exact) mass is 131 g/mol. The Kier molecular flexibility index (Phi) is 14.1. The van der Waals surface area contributed by atoms with Crippen molar-refractivity contribution in [3.8, 4) is 0 Å². The van der Waals surface area contributed by atoms with Crippen LogP contribution in [0.4, 0.5) is 0 Å². The van der Waals surface area contributed by atoms with Crippen LogP contribution in [0.15, 0.2) is 0 Å². The first-order valence-corrected chi connectivity index (χ1v) is 3.77. The Morgan fingerprint density at radius 3 is 1.56 bits per heavy atom. The molecule has 1 nitrogen and oxygen atoms in total. The van der Waals surface area contributed by atoms with E-state index < -0.39 is 0 Å². The van der Waals surface area contributed by atoms with Gasteiger partial charge in [0.25, 0.3) is 0 Å². The number of hydrogen-bond acceptors (Lipinski definition) is 1. The Morgan fingerprint density at radius 1 is 1.22 bits per heavy atom. The van der Waals surface area contributed by atoms with Crippen LogP contribution in [0, 0.1) is 5.92 Å². The van der Waals surface area contributed by atoms with Crippen LogP contribution in [0.1, 0.15) is 33.6 Å². The third-order valence-corrected chi connectivity index (χ3v) is 0.866. The average Bonchev–Trinajstić information content (AvgIpc) is 1.67. The summed E-state index contributed by atoms with van der Waals surface area (Å²) in [5.74, 6) is 0.898. The lowest BCUT2D eigenvalue weighted by atomic mass is 10.1. The van der Waals surface area contributed by atoms with Gasteiger partial charge in [-0.1, -0.05) is 33.6 Å². The summed E-state index contributed by atoms with van der Waals surface area (Å²) in [6, 6.07) is 0. The molecule has 1 heteroatoms. The van der Waals surface area contributed by atoms with E-state index in [0.717, 1.165) is 5.92 Å². The highest BCUT2D eigenvalue weighted by Crippen LogP contribution is 2.00. The van der Waals surface area contributed by atoms with Gasteiger partial charge in [0, 0.05) is 0 Å². The van der Waals surface area contributed by atoms with Gasteiger partial charge in [0.1, 0.15) is 0 Å². The smallest absolute Gasteiger partial charge is 0.0167 e. The van der Waals surface area contributed by atoms with Crippen molar-refractivity contribution in [3.05, 3.63) is 0 Å². The minimum atomic E-state index is 0.898. The van der Waals surface area contributed by atoms with Gasteiger partial charge in [-0.3, -0.25) is 0 Å². The highest BCUT2D eigenvalue weighted by atomic mass is 14.7. The van der Waals surface area contributed by atoms with Crippen LogP contribution in [0.5, 0.6) is 0 Å². The Bertz CT molecular complexity index is 33.5. The lowest BCUT2D eigenvalue weighted by molar-refractivity contribution is 0.576. The molecule has 0 saturated heterocycles. The largest absolute Gasteiger partial charge is 0.323 e. The molecule has 0 aliphatic heterocycles. The van der Waals surface area contributed by atoms with Crippen molar-refractivity contribution in [3.63, 3.8) is 0 Å². The van der Waals surface area contributed by atoms with Crippen LogP contribution < -0.4 is 5.32 Å². The topological polar surface area (TPSA) is 12.0 Å². The third kappa shape index (κ3) is 32.3. The molecule has 9 heavy (non-hydrogen) atoms. The highest BCUT2D eigenvalue weighted by molar-refractivity contribution is 4.38. The molecule has 0 amide bonds. The molecule has 0 fully saturated rings. The molecule has 0 radical (unpaired) electrons. The summed E-state index contributed by atoms with van der Waals surface area (Å²) in [6.07, 6.45) is 2.71. The first-order valence-electron chi connectivity index (χ1n) is 3.77. The molecule has 0 spiro atoms. The van der Waals surface area contributed by atoms with Crippen LogP contribution in [-0.4, -0.2) is 14.1 Å².